The lowest BCUT2D eigenvalue weighted by molar-refractivity contribution is 0.0691. The standard InChI is InChI=1S/C30H27FN4O5S2/c31-24-13-10-20(16-27(24)40-21-4-2-1-3-5-21)28(32)23(14-18-8-11-22(12-9-18)42(33,38)39)25(15-19-6-7-19)34-30-35-26(17-41-30)29(36)37/h1-5,8-13,16-17,19H,6-7,14-15,32H2,(H,36,37)(H2,33,38,39). The van der Waals surface area contributed by atoms with Crippen molar-refractivity contribution >= 4 is 43.9 Å². The zero-order valence-corrected chi connectivity index (χ0v) is 23.9. The lowest BCUT2D eigenvalue weighted by Crippen LogP contribution is -2.15. The molecular weight excluding hydrogens is 579 g/mol. The Hall–Kier alpha value is -4.39. The number of allylic oxidation sites excluding steroid dienone is 1. The minimum absolute atomic E-state index is 0.00906. The molecule has 9 nitrogen and oxygen atoms in total. The summed E-state index contributed by atoms with van der Waals surface area (Å²) in [5, 5.41) is 16.3. The molecular formula is C30H27FN4O5S2. The number of halogens is 1. The number of sulfonamides is 1. The van der Waals surface area contributed by atoms with E-state index in [-0.39, 0.29) is 27.9 Å². The minimum Gasteiger partial charge on any atom is -0.476 e. The van der Waals surface area contributed by atoms with Crippen molar-refractivity contribution in [2.45, 2.75) is 30.6 Å². The van der Waals surface area contributed by atoms with Gasteiger partial charge in [-0.2, -0.15) is 0 Å². The predicted molar refractivity (Wildman–Crippen MR) is 159 cm³/mol. The number of carboxylic acid groups (broad SMARTS) is 1. The Morgan fingerprint density at radius 2 is 1.81 bits per heavy atom. The van der Waals surface area contributed by atoms with Gasteiger partial charge < -0.3 is 15.6 Å². The van der Waals surface area contributed by atoms with E-state index in [1.54, 1.807) is 42.5 Å². The molecule has 0 radical (unpaired) electrons. The van der Waals surface area contributed by atoms with Gasteiger partial charge in [0.25, 0.3) is 0 Å². The first kappa shape index (κ1) is 29.1. The molecule has 0 atom stereocenters. The largest absolute Gasteiger partial charge is 0.476 e. The molecule has 12 heteroatoms. The summed E-state index contributed by atoms with van der Waals surface area (Å²) in [6.07, 6.45) is 2.85. The van der Waals surface area contributed by atoms with Crippen molar-refractivity contribution < 1.29 is 27.4 Å². The molecule has 0 bridgehead atoms. The van der Waals surface area contributed by atoms with E-state index in [1.165, 1.54) is 29.6 Å². The maximum absolute atomic E-state index is 14.8. The molecule has 3 aromatic carbocycles. The van der Waals surface area contributed by atoms with Crippen LogP contribution >= 0.6 is 11.3 Å². The normalized spacial score (nSPS) is 14.4. The third kappa shape index (κ3) is 7.27. The smallest absolute Gasteiger partial charge is 0.355 e. The van der Waals surface area contributed by atoms with Crippen molar-refractivity contribution in [1.29, 1.82) is 0 Å². The Morgan fingerprint density at radius 1 is 1.10 bits per heavy atom. The first-order chi connectivity index (χ1) is 20.1. The number of aliphatic imine (C=N–C) groups is 1. The number of primary sulfonamides is 1. The number of benzene rings is 3. The second-order valence-corrected chi connectivity index (χ2v) is 12.2. The average Bonchev–Trinajstić information content (AvgIpc) is 3.66. The lowest BCUT2D eigenvalue weighted by atomic mass is 9.93. The van der Waals surface area contributed by atoms with Crippen molar-refractivity contribution in [3.63, 3.8) is 0 Å². The van der Waals surface area contributed by atoms with Gasteiger partial charge in [-0.15, -0.1) is 11.3 Å². The Kier molecular flexibility index (Phi) is 8.48. The van der Waals surface area contributed by atoms with Gasteiger partial charge in [0, 0.05) is 34.3 Å². The number of hydrogen-bond acceptors (Lipinski definition) is 8. The van der Waals surface area contributed by atoms with Gasteiger partial charge in [-0.25, -0.2) is 32.7 Å². The van der Waals surface area contributed by atoms with E-state index in [0.29, 0.717) is 40.6 Å². The van der Waals surface area contributed by atoms with E-state index in [2.05, 4.69) is 4.98 Å². The summed E-state index contributed by atoms with van der Waals surface area (Å²) in [5.74, 6) is -0.892. The molecule has 1 heterocycles. The van der Waals surface area contributed by atoms with Gasteiger partial charge in [0.05, 0.1) is 4.90 Å². The van der Waals surface area contributed by atoms with Crippen LogP contribution in [0.1, 0.15) is 40.9 Å². The van der Waals surface area contributed by atoms with E-state index in [0.717, 1.165) is 29.7 Å². The number of rotatable bonds is 11. The van der Waals surface area contributed by atoms with Crippen molar-refractivity contribution in [2.75, 3.05) is 0 Å². The number of carboxylic acids is 1. The fourth-order valence-corrected chi connectivity index (χ4v) is 5.45. The molecule has 216 valence electrons. The van der Waals surface area contributed by atoms with E-state index in [4.69, 9.17) is 20.6 Å². The van der Waals surface area contributed by atoms with E-state index < -0.39 is 21.8 Å². The molecule has 5 rings (SSSR count). The zero-order valence-electron chi connectivity index (χ0n) is 22.2. The van der Waals surface area contributed by atoms with Gasteiger partial charge in [-0.1, -0.05) is 30.3 Å². The molecule has 0 amide bonds. The van der Waals surface area contributed by atoms with E-state index in [9.17, 15) is 22.7 Å². The highest BCUT2D eigenvalue weighted by molar-refractivity contribution is 7.89. The van der Waals surface area contributed by atoms with Gasteiger partial charge >= 0.3 is 5.97 Å². The van der Waals surface area contributed by atoms with Gasteiger partial charge in [0.1, 0.15) is 5.75 Å². The first-order valence-corrected chi connectivity index (χ1v) is 15.4. The summed E-state index contributed by atoms with van der Waals surface area (Å²) in [6, 6.07) is 19.3. The molecule has 1 saturated carbocycles. The number of hydrogen-bond donors (Lipinski definition) is 3. The highest BCUT2D eigenvalue weighted by Gasteiger charge is 2.27. The summed E-state index contributed by atoms with van der Waals surface area (Å²) >= 11 is 1.10. The summed E-state index contributed by atoms with van der Waals surface area (Å²) in [4.78, 5) is 20.3. The lowest BCUT2D eigenvalue weighted by Gasteiger charge is -2.17. The molecule has 1 fully saturated rings. The van der Waals surface area contributed by atoms with Crippen molar-refractivity contribution in [3.05, 3.63) is 106 Å². The molecule has 1 aromatic heterocycles. The third-order valence-corrected chi connectivity index (χ3v) is 8.30. The number of aromatic nitrogens is 1. The fourth-order valence-electron chi connectivity index (χ4n) is 4.25. The molecule has 1 aliphatic rings. The van der Waals surface area contributed by atoms with Crippen molar-refractivity contribution in [1.82, 2.24) is 4.98 Å². The summed E-state index contributed by atoms with van der Waals surface area (Å²) in [5.41, 5.74) is 9.47. The van der Waals surface area contributed by atoms with Crippen LogP contribution in [0.4, 0.5) is 9.52 Å². The highest BCUT2D eigenvalue weighted by Crippen LogP contribution is 2.37. The Balaban J connectivity index is 1.61. The van der Waals surface area contributed by atoms with E-state index >= 15 is 0 Å². The average molecular weight is 607 g/mol. The van der Waals surface area contributed by atoms with Crippen molar-refractivity contribution in [2.24, 2.45) is 21.8 Å². The Labute approximate surface area is 246 Å². The van der Waals surface area contributed by atoms with Crippen LogP contribution in [0, 0.1) is 11.7 Å². The summed E-state index contributed by atoms with van der Waals surface area (Å²) < 4.78 is 44.1. The van der Waals surface area contributed by atoms with Gasteiger partial charge in [0.15, 0.2) is 17.3 Å². The topological polar surface area (TPSA) is 158 Å². The molecule has 5 N–H and O–H groups in total. The number of nitrogens with two attached hydrogens (primary N) is 2. The molecule has 42 heavy (non-hydrogen) atoms. The first-order valence-electron chi connectivity index (χ1n) is 13.0. The van der Waals surface area contributed by atoms with Crippen LogP contribution in [0.2, 0.25) is 0 Å². The SMILES string of the molecule is NC(=C(Cc1ccc(S(N)(=O)=O)cc1)C(CC1CC1)=Nc1nc(C(=O)O)cs1)c1ccc(F)c(Oc2ccccc2)c1. The highest BCUT2D eigenvalue weighted by atomic mass is 32.2. The van der Waals surface area contributed by atoms with Gasteiger partial charge in [-0.3, -0.25) is 0 Å². The quantitative estimate of drug-likeness (QED) is 0.179. The minimum atomic E-state index is -3.88. The number of aromatic carboxylic acids is 1. The Bertz CT molecular complexity index is 1780. The second kappa shape index (κ2) is 12.2. The molecule has 4 aromatic rings. The second-order valence-electron chi connectivity index (χ2n) is 9.84. The monoisotopic (exact) mass is 606 g/mol. The van der Waals surface area contributed by atoms with Crippen molar-refractivity contribution in [3.8, 4) is 11.5 Å². The molecule has 0 saturated heterocycles. The van der Waals surface area contributed by atoms with Crippen LogP contribution in [0.3, 0.4) is 0 Å². The number of para-hydroxylation sites is 1. The maximum Gasteiger partial charge on any atom is 0.355 e. The molecule has 0 unspecified atom stereocenters. The van der Waals surface area contributed by atoms with Crippen LogP contribution in [-0.2, 0) is 16.4 Å². The summed E-state index contributed by atoms with van der Waals surface area (Å²) in [7, 11) is -3.88. The van der Waals surface area contributed by atoms with E-state index in [1.807, 2.05) is 6.07 Å². The number of carbonyl (C=O) groups is 1. The number of ether oxygens (including phenoxy) is 1. The maximum atomic E-state index is 14.8. The Morgan fingerprint density at radius 3 is 2.43 bits per heavy atom. The third-order valence-electron chi connectivity index (χ3n) is 6.64. The molecule has 0 spiro atoms. The number of nitrogens with zero attached hydrogens (tertiary/aromatic N) is 2. The summed E-state index contributed by atoms with van der Waals surface area (Å²) in [6.45, 7) is 0. The molecule has 0 aliphatic heterocycles. The zero-order chi connectivity index (χ0) is 29.9. The molecule has 1 aliphatic carbocycles. The van der Waals surface area contributed by atoms with Gasteiger partial charge in [0.2, 0.25) is 15.2 Å². The van der Waals surface area contributed by atoms with Crippen LogP contribution in [0.5, 0.6) is 11.5 Å². The van der Waals surface area contributed by atoms with Crippen LogP contribution in [-0.4, -0.2) is 30.2 Å². The van der Waals surface area contributed by atoms with Crippen LogP contribution in [0.15, 0.2) is 93.6 Å². The van der Waals surface area contributed by atoms with Crippen LogP contribution in [0.25, 0.3) is 5.70 Å². The fraction of sp³-hybridized carbons (Fsp3) is 0.167. The number of thiazole rings is 1. The predicted octanol–water partition coefficient (Wildman–Crippen LogP) is 5.91. The van der Waals surface area contributed by atoms with Crippen LogP contribution < -0.4 is 15.6 Å². The van der Waals surface area contributed by atoms with Gasteiger partial charge in [-0.05, 0) is 73.2 Å².